The van der Waals surface area contributed by atoms with Gasteiger partial charge in [0.2, 0.25) is 5.91 Å². The van der Waals surface area contributed by atoms with Gasteiger partial charge in [-0.2, -0.15) is 5.26 Å². The number of esters is 1. The lowest BCUT2D eigenvalue weighted by molar-refractivity contribution is -0.384. The number of aryl methyl sites for hydroxylation is 2. The van der Waals surface area contributed by atoms with Crippen molar-refractivity contribution in [2.75, 3.05) is 17.2 Å². The van der Waals surface area contributed by atoms with Gasteiger partial charge in [-0.05, 0) is 55.3 Å². The molecule has 0 fully saturated rings. The number of ether oxygens (including phenoxy) is 1. The number of benzene rings is 2. The first-order valence-corrected chi connectivity index (χ1v) is 8.70. The zero-order chi connectivity index (χ0) is 22.3. The highest BCUT2D eigenvalue weighted by molar-refractivity contribution is 5.97. The van der Waals surface area contributed by atoms with E-state index in [1.54, 1.807) is 19.9 Å². The summed E-state index contributed by atoms with van der Waals surface area (Å²) in [6.07, 6.45) is -0.294. The maximum absolute atomic E-state index is 12.1. The van der Waals surface area contributed by atoms with Crippen LogP contribution in [0, 0.1) is 35.3 Å². The number of nitrogens with one attached hydrogen (secondary N) is 2. The molecule has 154 valence electrons. The molecule has 0 aliphatic heterocycles. The molecule has 0 radical (unpaired) electrons. The van der Waals surface area contributed by atoms with Crippen molar-refractivity contribution in [3.05, 3.63) is 63.2 Å². The molecule has 0 aromatic heterocycles. The number of nitro benzene ring substituents is 1. The summed E-state index contributed by atoms with van der Waals surface area (Å²) >= 11 is 0. The van der Waals surface area contributed by atoms with Gasteiger partial charge in [-0.3, -0.25) is 19.7 Å². The molecule has 0 heterocycles. The lowest BCUT2D eigenvalue weighted by Crippen LogP contribution is -2.21. The summed E-state index contributed by atoms with van der Waals surface area (Å²) in [7, 11) is 0. The first-order valence-electron chi connectivity index (χ1n) is 8.70. The van der Waals surface area contributed by atoms with E-state index in [0.717, 1.165) is 5.56 Å². The third kappa shape index (κ3) is 5.87. The van der Waals surface area contributed by atoms with Crippen molar-refractivity contribution in [3.63, 3.8) is 0 Å². The van der Waals surface area contributed by atoms with Crippen molar-refractivity contribution < 1.29 is 24.0 Å². The van der Waals surface area contributed by atoms with Gasteiger partial charge < -0.3 is 15.4 Å². The monoisotopic (exact) mass is 410 g/mol. The van der Waals surface area contributed by atoms with Crippen molar-refractivity contribution in [2.24, 2.45) is 0 Å². The van der Waals surface area contributed by atoms with Gasteiger partial charge in [0.15, 0.2) is 6.61 Å². The van der Waals surface area contributed by atoms with E-state index in [1.807, 2.05) is 0 Å². The number of anilines is 2. The molecule has 0 unspecified atom stereocenters. The van der Waals surface area contributed by atoms with Crippen LogP contribution in [0.1, 0.15) is 27.9 Å². The van der Waals surface area contributed by atoms with Crippen LogP contribution in [-0.4, -0.2) is 29.3 Å². The lowest BCUT2D eigenvalue weighted by Gasteiger charge is -2.10. The molecule has 0 saturated carbocycles. The van der Waals surface area contributed by atoms with Crippen LogP contribution in [0.25, 0.3) is 0 Å². The molecular formula is C20H18N4O6. The van der Waals surface area contributed by atoms with Crippen molar-refractivity contribution in [1.82, 2.24) is 0 Å². The zero-order valence-electron chi connectivity index (χ0n) is 16.2. The number of carbonyl (C=O) groups is 3. The Morgan fingerprint density at radius 1 is 1.07 bits per heavy atom. The van der Waals surface area contributed by atoms with Gasteiger partial charge in [-0.1, -0.05) is 0 Å². The van der Waals surface area contributed by atoms with Gasteiger partial charge in [-0.15, -0.1) is 0 Å². The highest BCUT2D eigenvalue weighted by Crippen LogP contribution is 2.27. The number of hydrogen-bond acceptors (Lipinski definition) is 7. The van der Waals surface area contributed by atoms with Gasteiger partial charge in [0.05, 0.1) is 16.6 Å². The summed E-state index contributed by atoms with van der Waals surface area (Å²) in [4.78, 5) is 46.1. The highest BCUT2D eigenvalue weighted by atomic mass is 16.6. The number of amides is 2. The number of nitriles is 1. The summed E-state index contributed by atoms with van der Waals surface area (Å²) < 4.78 is 4.92. The fourth-order valence-corrected chi connectivity index (χ4v) is 2.42. The molecule has 2 N–H and O–H groups in total. The zero-order valence-corrected chi connectivity index (χ0v) is 16.2. The Kier molecular flexibility index (Phi) is 7.19. The SMILES string of the molecule is Cc1cc(NC(=O)COC(=O)c2ccc(NC(=O)CC#N)cc2)c([N+](=O)[O-])cc1C. The minimum atomic E-state index is -0.783. The molecule has 2 amide bonds. The molecular weight excluding hydrogens is 392 g/mol. The van der Waals surface area contributed by atoms with Crippen molar-refractivity contribution in [3.8, 4) is 6.07 Å². The molecule has 10 heteroatoms. The average Bonchev–Trinajstić information content (AvgIpc) is 2.69. The molecule has 0 aliphatic rings. The topological polar surface area (TPSA) is 151 Å². The maximum atomic E-state index is 12.1. The van der Waals surface area contributed by atoms with Crippen LogP contribution in [-0.2, 0) is 14.3 Å². The van der Waals surface area contributed by atoms with E-state index in [4.69, 9.17) is 10.00 Å². The molecule has 2 rings (SSSR count). The smallest absolute Gasteiger partial charge is 0.338 e. The fraction of sp³-hybridized carbons (Fsp3) is 0.200. The first kappa shape index (κ1) is 22.0. The predicted molar refractivity (Wildman–Crippen MR) is 107 cm³/mol. The number of nitrogens with zero attached hydrogens (tertiary/aromatic N) is 2. The van der Waals surface area contributed by atoms with Crippen LogP contribution >= 0.6 is 0 Å². The third-order valence-electron chi connectivity index (χ3n) is 4.06. The summed E-state index contributed by atoms with van der Waals surface area (Å²) in [6.45, 7) is 2.83. The maximum Gasteiger partial charge on any atom is 0.338 e. The number of carbonyl (C=O) groups excluding carboxylic acids is 3. The quantitative estimate of drug-likeness (QED) is 0.404. The van der Waals surface area contributed by atoms with Gasteiger partial charge in [0, 0.05) is 11.8 Å². The normalized spacial score (nSPS) is 9.90. The fourth-order valence-electron chi connectivity index (χ4n) is 2.42. The molecule has 2 aromatic rings. The number of hydrogen-bond donors (Lipinski definition) is 2. The predicted octanol–water partition coefficient (Wildman–Crippen LogP) is 2.86. The molecule has 0 atom stereocenters. The molecule has 0 bridgehead atoms. The second kappa shape index (κ2) is 9.79. The standard InChI is InChI=1S/C20H18N4O6/c1-12-9-16(17(24(28)29)10-13(12)2)23-19(26)11-30-20(27)14-3-5-15(6-4-14)22-18(25)7-8-21/h3-6,9-10H,7,11H2,1-2H3,(H,22,25)(H,23,26). The van der Waals surface area contributed by atoms with Crippen molar-refractivity contribution >= 4 is 34.8 Å². The molecule has 0 spiro atoms. The summed E-state index contributed by atoms with van der Waals surface area (Å²) in [5, 5.41) is 24.5. The summed E-state index contributed by atoms with van der Waals surface area (Å²) in [6, 6.07) is 10.2. The molecule has 0 saturated heterocycles. The minimum Gasteiger partial charge on any atom is -0.452 e. The van der Waals surface area contributed by atoms with Crippen LogP contribution in [0.15, 0.2) is 36.4 Å². The van der Waals surface area contributed by atoms with Gasteiger partial charge in [0.1, 0.15) is 12.1 Å². The van der Waals surface area contributed by atoms with Gasteiger partial charge in [-0.25, -0.2) is 4.79 Å². The minimum absolute atomic E-state index is 0.0154. The molecule has 0 aliphatic carbocycles. The van der Waals surface area contributed by atoms with E-state index in [9.17, 15) is 24.5 Å². The number of nitro groups is 1. The Bertz CT molecular complexity index is 1040. The Labute approximate surface area is 171 Å². The molecule has 2 aromatic carbocycles. The largest absolute Gasteiger partial charge is 0.452 e. The van der Waals surface area contributed by atoms with Gasteiger partial charge >= 0.3 is 5.97 Å². The third-order valence-corrected chi connectivity index (χ3v) is 4.06. The Morgan fingerprint density at radius 2 is 1.70 bits per heavy atom. The lowest BCUT2D eigenvalue weighted by atomic mass is 10.1. The van der Waals surface area contributed by atoms with Gasteiger partial charge in [0.25, 0.3) is 11.6 Å². The Hall–Kier alpha value is -4.26. The van der Waals surface area contributed by atoms with E-state index in [2.05, 4.69) is 10.6 Å². The van der Waals surface area contributed by atoms with Crippen LogP contribution < -0.4 is 10.6 Å². The molecule has 30 heavy (non-hydrogen) atoms. The van der Waals surface area contributed by atoms with E-state index < -0.39 is 29.3 Å². The van der Waals surface area contributed by atoms with Crippen LogP contribution in [0.5, 0.6) is 0 Å². The van der Waals surface area contributed by atoms with E-state index in [0.29, 0.717) is 11.3 Å². The first-order chi connectivity index (χ1) is 14.2. The highest BCUT2D eigenvalue weighted by Gasteiger charge is 2.18. The van der Waals surface area contributed by atoms with Crippen LogP contribution in [0.3, 0.4) is 0 Å². The van der Waals surface area contributed by atoms with Crippen LogP contribution in [0.4, 0.5) is 17.1 Å². The second-order valence-electron chi connectivity index (χ2n) is 6.30. The van der Waals surface area contributed by atoms with E-state index in [-0.39, 0.29) is 23.4 Å². The Morgan fingerprint density at radius 3 is 2.30 bits per heavy atom. The average molecular weight is 410 g/mol. The summed E-state index contributed by atoms with van der Waals surface area (Å²) in [5.41, 5.74) is 1.76. The van der Waals surface area contributed by atoms with Crippen LogP contribution in [0.2, 0.25) is 0 Å². The second-order valence-corrected chi connectivity index (χ2v) is 6.30. The van der Waals surface area contributed by atoms with E-state index >= 15 is 0 Å². The van der Waals surface area contributed by atoms with Crippen molar-refractivity contribution in [2.45, 2.75) is 20.3 Å². The Balaban J connectivity index is 1.96. The number of rotatable bonds is 7. The van der Waals surface area contributed by atoms with E-state index in [1.165, 1.54) is 36.4 Å². The van der Waals surface area contributed by atoms with Crippen molar-refractivity contribution in [1.29, 1.82) is 5.26 Å². The summed E-state index contributed by atoms with van der Waals surface area (Å²) in [5.74, 6) is -1.99. The molecule has 10 nitrogen and oxygen atoms in total.